The average Bonchev–Trinajstić information content (AvgIpc) is 2.96. The fourth-order valence-electron chi connectivity index (χ4n) is 4.22. The molecular weight excluding hydrogens is 508 g/mol. The van der Waals surface area contributed by atoms with E-state index in [2.05, 4.69) is 37.8 Å². The quantitative estimate of drug-likeness (QED) is 0.221. The molecule has 8 nitrogen and oxygen atoms in total. The maximum Gasteiger partial charge on any atom is 0.234 e. The number of methoxy groups -OCH3 is 1. The first kappa shape index (κ1) is 26.5. The minimum absolute atomic E-state index is 0.0992. The van der Waals surface area contributed by atoms with Crippen molar-refractivity contribution >= 4 is 41.0 Å². The van der Waals surface area contributed by atoms with Crippen LogP contribution in [-0.4, -0.2) is 36.1 Å². The highest BCUT2D eigenvalue weighted by Crippen LogP contribution is 2.31. The first-order valence-electron chi connectivity index (χ1n) is 12.9. The highest BCUT2D eigenvalue weighted by molar-refractivity contribution is 7.97. The average molecular weight is 541 g/mol. The van der Waals surface area contributed by atoms with E-state index in [1.165, 1.54) is 0 Å². The number of rotatable bonds is 5. The standard InChI is InChI=1S/C30H32N6O2S/c1-30(2,21-7-4-9-24(17-21)38-3)28(37)34-22-13-11-20(12-14-22)26-19-32-29-35-23-8-5-10-25(18-23)39-33-16-6-15-31-27(26)36-29/h4-5,7-14,17-19,33H,6,15-16H2,1-3H3,(H,34,37)(H2,31,32,35,36). The lowest BCUT2D eigenvalue weighted by Crippen LogP contribution is -2.34. The van der Waals surface area contributed by atoms with E-state index >= 15 is 0 Å². The zero-order valence-electron chi connectivity index (χ0n) is 22.2. The van der Waals surface area contributed by atoms with Crippen molar-refractivity contribution in [3.05, 3.63) is 84.6 Å². The van der Waals surface area contributed by atoms with E-state index in [9.17, 15) is 4.79 Å². The molecule has 1 aliphatic heterocycles. The highest BCUT2D eigenvalue weighted by atomic mass is 32.2. The van der Waals surface area contributed by atoms with Crippen LogP contribution in [-0.2, 0) is 10.2 Å². The number of carbonyl (C=O) groups excluding carboxylic acids is 1. The minimum Gasteiger partial charge on any atom is -0.497 e. The molecule has 39 heavy (non-hydrogen) atoms. The molecule has 1 amide bonds. The molecule has 0 fully saturated rings. The maximum absolute atomic E-state index is 13.2. The molecule has 200 valence electrons. The highest BCUT2D eigenvalue weighted by Gasteiger charge is 2.30. The van der Waals surface area contributed by atoms with Crippen LogP contribution in [0.15, 0.2) is 83.9 Å². The van der Waals surface area contributed by atoms with E-state index < -0.39 is 5.41 Å². The molecule has 0 atom stereocenters. The smallest absolute Gasteiger partial charge is 0.234 e. The molecule has 9 heteroatoms. The number of nitrogens with one attached hydrogen (secondary N) is 4. The summed E-state index contributed by atoms with van der Waals surface area (Å²) in [5.41, 5.74) is 3.63. The van der Waals surface area contributed by atoms with Crippen LogP contribution in [0.2, 0.25) is 0 Å². The third kappa shape index (κ3) is 6.32. The molecule has 2 heterocycles. The maximum atomic E-state index is 13.2. The lowest BCUT2D eigenvalue weighted by Gasteiger charge is -2.24. The molecule has 0 unspecified atom stereocenters. The Hall–Kier alpha value is -4.08. The number of aromatic nitrogens is 2. The van der Waals surface area contributed by atoms with Crippen LogP contribution in [0.25, 0.3) is 11.1 Å². The van der Waals surface area contributed by atoms with E-state index in [0.717, 1.165) is 64.0 Å². The Balaban J connectivity index is 1.35. The Morgan fingerprint density at radius 2 is 1.85 bits per heavy atom. The summed E-state index contributed by atoms with van der Waals surface area (Å²) in [5.74, 6) is 1.91. The predicted octanol–water partition coefficient (Wildman–Crippen LogP) is 6.22. The van der Waals surface area contributed by atoms with Crippen molar-refractivity contribution in [2.75, 3.05) is 36.1 Å². The predicted molar refractivity (Wildman–Crippen MR) is 159 cm³/mol. The number of hydrogen-bond donors (Lipinski definition) is 4. The number of anilines is 4. The molecule has 0 spiro atoms. The fourth-order valence-corrected chi connectivity index (χ4v) is 4.97. The molecule has 1 aliphatic rings. The summed E-state index contributed by atoms with van der Waals surface area (Å²) < 4.78 is 8.74. The Bertz CT molecular complexity index is 1460. The third-order valence-electron chi connectivity index (χ3n) is 6.63. The van der Waals surface area contributed by atoms with Crippen molar-refractivity contribution in [2.24, 2.45) is 0 Å². The van der Waals surface area contributed by atoms with Gasteiger partial charge in [-0.1, -0.05) is 30.3 Å². The normalized spacial score (nSPS) is 13.5. The molecular formula is C30H32N6O2S. The van der Waals surface area contributed by atoms with Gasteiger partial charge in [0.05, 0.1) is 12.5 Å². The SMILES string of the molecule is COc1cccc(C(C)(C)C(=O)Nc2ccc(-c3cnc4nc3NCCCNSc3cccc(c3)N4)cc2)c1. The van der Waals surface area contributed by atoms with Crippen molar-refractivity contribution in [1.82, 2.24) is 14.7 Å². The number of nitrogens with zero attached hydrogens (tertiary/aromatic N) is 2. The second-order valence-corrected chi connectivity index (χ2v) is 10.7. The van der Waals surface area contributed by atoms with Crippen molar-refractivity contribution in [3.8, 4) is 16.9 Å². The molecule has 4 aromatic rings. The Labute approximate surface area is 233 Å². The van der Waals surface area contributed by atoms with Gasteiger partial charge in [-0.05, 0) is 85.8 Å². The van der Waals surface area contributed by atoms with E-state index in [1.54, 1.807) is 19.1 Å². The van der Waals surface area contributed by atoms with Crippen molar-refractivity contribution < 1.29 is 9.53 Å². The number of hydrogen-bond acceptors (Lipinski definition) is 8. The number of benzene rings is 3. The number of amides is 1. The Kier molecular flexibility index (Phi) is 7.99. The molecule has 0 aliphatic carbocycles. The molecule has 0 radical (unpaired) electrons. The second-order valence-electron chi connectivity index (χ2n) is 9.77. The van der Waals surface area contributed by atoms with Crippen LogP contribution in [0.4, 0.5) is 23.1 Å². The van der Waals surface area contributed by atoms with Crippen molar-refractivity contribution in [3.63, 3.8) is 0 Å². The summed E-state index contributed by atoms with van der Waals surface area (Å²) in [6, 6.07) is 23.5. The van der Waals surface area contributed by atoms with Crippen LogP contribution >= 0.6 is 11.9 Å². The van der Waals surface area contributed by atoms with E-state index in [4.69, 9.17) is 9.72 Å². The summed E-state index contributed by atoms with van der Waals surface area (Å²) in [6.45, 7) is 5.44. The van der Waals surface area contributed by atoms with Crippen LogP contribution in [0.3, 0.4) is 0 Å². The largest absolute Gasteiger partial charge is 0.497 e. The molecule has 0 saturated carbocycles. The monoisotopic (exact) mass is 540 g/mol. The first-order valence-corrected chi connectivity index (χ1v) is 13.7. The Morgan fingerprint density at radius 1 is 1.03 bits per heavy atom. The van der Waals surface area contributed by atoms with Crippen molar-refractivity contribution in [2.45, 2.75) is 30.6 Å². The number of ether oxygens (including phenoxy) is 1. The molecule has 1 aromatic heterocycles. The van der Waals surface area contributed by atoms with Crippen molar-refractivity contribution in [1.29, 1.82) is 0 Å². The van der Waals surface area contributed by atoms with Gasteiger partial charge >= 0.3 is 0 Å². The topological polar surface area (TPSA) is 100 Å². The van der Waals surface area contributed by atoms with E-state index in [-0.39, 0.29) is 5.91 Å². The molecule has 5 rings (SSSR count). The minimum atomic E-state index is -0.741. The summed E-state index contributed by atoms with van der Waals surface area (Å²) >= 11 is 1.62. The zero-order valence-corrected chi connectivity index (χ0v) is 23.1. The summed E-state index contributed by atoms with van der Waals surface area (Å²) in [6.07, 6.45) is 2.76. The van der Waals surface area contributed by atoms with Crippen LogP contribution in [0.5, 0.6) is 5.75 Å². The molecule has 4 N–H and O–H groups in total. The van der Waals surface area contributed by atoms with Gasteiger partial charge in [0.2, 0.25) is 11.9 Å². The third-order valence-corrected chi connectivity index (χ3v) is 7.47. The van der Waals surface area contributed by atoms with Gasteiger partial charge in [-0.15, -0.1) is 0 Å². The van der Waals surface area contributed by atoms with Crippen LogP contribution < -0.4 is 25.4 Å². The van der Waals surface area contributed by atoms with Gasteiger partial charge in [0, 0.05) is 41.1 Å². The lowest BCUT2D eigenvalue weighted by molar-refractivity contribution is -0.120. The van der Waals surface area contributed by atoms with Gasteiger partial charge in [-0.3, -0.25) is 9.52 Å². The molecule has 3 aromatic carbocycles. The zero-order chi connectivity index (χ0) is 27.2. The van der Waals surface area contributed by atoms with Gasteiger partial charge in [-0.25, -0.2) is 4.98 Å². The lowest BCUT2D eigenvalue weighted by atomic mass is 9.83. The molecule has 0 saturated heterocycles. The number of carbonyl (C=O) groups is 1. The summed E-state index contributed by atoms with van der Waals surface area (Å²) in [7, 11) is 1.62. The van der Waals surface area contributed by atoms with Gasteiger partial charge in [0.15, 0.2) is 0 Å². The number of fused-ring (bicyclic) bond motifs is 4. The van der Waals surface area contributed by atoms with Gasteiger partial charge in [0.1, 0.15) is 11.6 Å². The van der Waals surface area contributed by atoms with E-state index in [1.807, 2.05) is 80.7 Å². The van der Waals surface area contributed by atoms with E-state index in [0.29, 0.717) is 5.95 Å². The fraction of sp³-hybridized carbons (Fsp3) is 0.233. The summed E-state index contributed by atoms with van der Waals surface area (Å²) in [5, 5.41) is 9.83. The molecule has 4 bridgehead atoms. The first-order chi connectivity index (χ1) is 18.9. The van der Waals surface area contributed by atoms with Crippen LogP contribution in [0.1, 0.15) is 25.8 Å². The summed E-state index contributed by atoms with van der Waals surface area (Å²) in [4.78, 5) is 23.7. The van der Waals surface area contributed by atoms with Gasteiger partial charge in [-0.2, -0.15) is 4.98 Å². The van der Waals surface area contributed by atoms with Crippen LogP contribution in [0, 0.1) is 0 Å². The van der Waals surface area contributed by atoms with Gasteiger partial charge in [0.25, 0.3) is 0 Å². The second kappa shape index (κ2) is 11.8. The van der Waals surface area contributed by atoms with Gasteiger partial charge < -0.3 is 20.7 Å². The Morgan fingerprint density at radius 3 is 2.67 bits per heavy atom.